The van der Waals surface area contributed by atoms with Crippen LogP contribution in [0.3, 0.4) is 0 Å². The summed E-state index contributed by atoms with van der Waals surface area (Å²) >= 11 is 0. The molecule has 1 aliphatic heterocycles. The van der Waals surface area contributed by atoms with Gasteiger partial charge in [-0.1, -0.05) is 0 Å². The summed E-state index contributed by atoms with van der Waals surface area (Å²) in [5.41, 5.74) is 1.35. The number of nitrogens with zero attached hydrogens (tertiary/aromatic N) is 2. The quantitative estimate of drug-likeness (QED) is 0.798. The Balaban J connectivity index is 1.47. The monoisotopic (exact) mass is 246 g/mol. The number of hydrogen-bond donors (Lipinski definition) is 0. The van der Waals surface area contributed by atoms with Gasteiger partial charge in [-0.15, -0.1) is 0 Å². The molecule has 1 unspecified atom stereocenters. The molecule has 1 aromatic rings. The average Bonchev–Trinajstić information content (AvgIpc) is 3.22. The first-order valence-corrected chi connectivity index (χ1v) is 7.13. The Morgan fingerprint density at radius 2 is 2.06 bits per heavy atom. The number of aromatic nitrogens is 1. The second-order valence-electron chi connectivity index (χ2n) is 5.63. The molecule has 18 heavy (non-hydrogen) atoms. The summed E-state index contributed by atoms with van der Waals surface area (Å²) in [5, 5.41) is 0. The van der Waals surface area contributed by atoms with E-state index < -0.39 is 0 Å². The van der Waals surface area contributed by atoms with Gasteiger partial charge in [-0.2, -0.15) is 0 Å². The normalized spacial score (nSPS) is 25.2. The van der Waals surface area contributed by atoms with Crippen molar-refractivity contribution in [2.24, 2.45) is 5.92 Å². The molecule has 0 N–H and O–H groups in total. The molecule has 0 spiro atoms. The van der Waals surface area contributed by atoms with Gasteiger partial charge in [-0.05, 0) is 55.8 Å². The minimum Gasteiger partial charge on any atom is -0.377 e. The first-order chi connectivity index (χ1) is 8.90. The maximum atomic E-state index is 6.02. The summed E-state index contributed by atoms with van der Waals surface area (Å²) in [5.74, 6) is 0.876. The highest BCUT2D eigenvalue weighted by atomic mass is 16.5. The van der Waals surface area contributed by atoms with Crippen molar-refractivity contribution in [3.63, 3.8) is 0 Å². The Bertz CT molecular complexity index is 364. The molecule has 0 aromatic carbocycles. The van der Waals surface area contributed by atoms with Crippen molar-refractivity contribution in [3.05, 3.63) is 30.1 Å². The predicted molar refractivity (Wildman–Crippen MR) is 71.2 cm³/mol. The highest BCUT2D eigenvalue weighted by molar-refractivity contribution is 5.09. The van der Waals surface area contributed by atoms with E-state index in [1.807, 2.05) is 12.4 Å². The van der Waals surface area contributed by atoms with Crippen LogP contribution in [0.2, 0.25) is 0 Å². The van der Waals surface area contributed by atoms with Crippen LogP contribution in [-0.4, -0.2) is 35.7 Å². The Morgan fingerprint density at radius 1 is 1.22 bits per heavy atom. The molecule has 0 radical (unpaired) electrons. The van der Waals surface area contributed by atoms with Gasteiger partial charge >= 0.3 is 0 Å². The standard InChI is InChI=1S/C15H22N2O/c1-2-15(18-12-14-3-4-14)11-17(9-1)10-13-5-7-16-8-6-13/h5-8,14-15H,1-4,9-12H2. The van der Waals surface area contributed by atoms with Crippen molar-refractivity contribution in [3.8, 4) is 0 Å². The van der Waals surface area contributed by atoms with Crippen LogP contribution < -0.4 is 0 Å². The van der Waals surface area contributed by atoms with Gasteiger partial charge in [0.2, 0.25) is 0 Å². The lowest BCUT2D eigenvalue weighted by molar-refractivity contribution is -0.00724. The Kier molecular flexibility index (Phi) is 3.91. The third-order valence-electron chi connectivity index (χ3n) is 3.88. The Hall–Kier alpha value is -0.930. The topological polar surface area (TPSA) is 25.4 Å². The Labute approximate surface area is 109 Å². The molecule has 2 heterocycles. The van der Waals surface area contributed by atoms with Crippen LogP contribution >= 0.6 is 0 Å². The summed E-state index contributed by atoms with van der Waals surface area (Å²) in [4.78, 5) is 6.58. The lowest BCUT2D eigenvalue weighted by atomic mass is 10.1. The molecule has 3 heteroatoms. The minimum absolute atomic E-state index is 0.459. The fraction of sp³-hybridized carbons (Fsp3) is 0.667. The fourth-order valence-electron chi connectivity index (χ4n) is 2.60. The zero-order valence-electron chi connectivity index (χ0n) is 10.9. The molecule has 1 aliphatic carbocycles. The summed E-state index contributed by atoms with van der Waals surface area (Å²) in [7, 11) is 0. The smallest absolute Gasteiger partial charge is 0.0702 e. The molecule has 1 saturated carbocycles. The van der Waals surface area contributed by atoms with Gasteiger partial charge in [-0.25, -0.2) is 0 Å². The highest BCUT2D eigenvalue weighted by Crippen LogP contribution is 2.30. The first kappa shape index (κ1) is 12.1. The third-order valence-corrected chi connectivity index (χ3v) is 3.88. The van der Waals surface area contributed by atoms with Crippen molar-refractivity contribution < 1.29 is 4.74 Å². The summed E-state index contributed by atoms with van der Waals surface area (Å²) in [6.45, 7) is 4.32. The van der Waals surface area contributed by atoms with Crippen LogP contribution in [0.1, 0.15) is 31.2 Å². The first-order valence-electron chi connectivity index (χ1n) is 7.13. The van der Waals surface area contributed by atoms with Crippen molar-refractivity contribution in [1.29, 1.82) is 0 Å². The van der Waals surface area contributed by atoms with Crippen molar-refractivity contribution in [2.45, 2.75) is 38.3 Å². The van der Waals surface area contributed by atoms with E-state index in [0.717, 1.165) is 25.6 Å². The van der Waals surface area contributed by atoms with Gasteiger partial charge in [0.15, 0.2) is 0 Å². The largest absolute Gasteiger partial charge is 0.377 e. The number of ether oxygens (including phenoxy) is 1. The molecule has 1 atom stereocenters. The second kappa shape index (κ2) is 5.81. The highest BCUT2D eigenvalue weighted by Gasteiger charge is 2.25. The minimum atomic E-state index is 0.459. The van der Waals surface area contributed by atoms with E-state index in [0.29, 0.717) is 6.10 Å². The number of rotatable bonds is 5. The molecule has 1 saturated heterocycles. The Morgan fingerprint density at radius 3 is 2.83 bits per heavy atom. The summed E-state index contributed by atoms with van der Waals surface area (Å²) < 4.78 is 6.02. The van der Waals surface area contributed by atoms with Crippen LogP contribution in [0.5, 0.6) is 0 Å². The van der Waals surface area contributed by atoms with E-state index in [1.165, 1.54) is 37.8 Å². The molecule has 2 fully saturated rings. The maximum absolute atomic E-state index is 6.02. The van der Waals surface area contributed by atoms with E-state index in [1.54, 1.807) is 0 Å². The maximum Gasteiger partial charge on any atom is 0.0702 e. The molecule has 98 valence electrons. The lowest BCUT2D eigenvalue weighted by Gasteiger charge is -2.32. The molecule has 2 aliphatic rings. The second-order valence-corrected chi connectivity index (χ2v) is 5.63. The molecule has 3 nitrogen and oxygen atoms in total. The molecule has 0 amide bonds. The molecule has 1 aromatic heterocycles. The molecule has 3 rings (SSSR count). The van der Waals surface area contributed by atoms with E-state index >= 15 is 0 Å². The fourth-order valence-corrected chi connectivity index (χ4v) is 2.60. The van der Waals surface area contributed by atoms with E-state index in [2.05, 4.69) is 22.0 Å². The summed E-state index contributed by atoms with van der Waals surface area (Å²) in [6, 6.07) is 4.21. The van der Waals surface area contributed by atoms with Crippen LogP contribution in [0.25, 0.3) is 0 Å². The van der Waals surface area contributed by atoms with Gasteiger partial charge in [-0.3, -0.25) is 9.88 Å². The average molecular weight is 246 g/mol. The van der Waals surface area contributed by atoms with Crippen molar-refractivity contribution in [2.75, 3.05) is 19.7 Å². The van der Waals surface area contributed by atoms with Crippen LogP contribution in [-0.2, 0) is 11.3 Å². The van der Waals surface area contributed by atoms with E-state index in [4.69, 9.17) is 4.74 Å². The van der Waals surface area contributed by atoms with Crippen LogP contribution in [0, 0.1) is 5.92 Å². The van der Waals surface area contributed by atoms with Gasteiger partial charge < -0.3 is 4.74 Å². The SMILES string of the molecule is c1cc(CN2CCCC(OCC3CC3)C2)ccn1. The summed E-state index contributed by atoms with van der Waals surface area (Å²) in [6.07, 6.45) is 9.47. The number of piperidine rings is 1. The van der Waals surface area contributed by atoms with Crippen molar-refractivity contribution >= 4 is 0 Å². The number of hydrogen-bond acceptors (Lipinski definition) is 3. The van der Waals surface area contributed by atoms with E-state index in [9.17, 15) is 0 Å². The zero-order chi connectivity index (χ0) is 12.2. The number of pyridine rings is 1. The van der Waals surface area contributed by atoms with Gasteiger partial charge in [0.25, 0.3) is 0 Å². The van der Waals surface area contributed by atoms with E-state index in [-0.39, 0.29) is 0 Å². The lowest BCUT2D eigenvalue weighted by Crippen LogP contribution is -2.39. The third kappa shape index (κ3) is 3.53. The zero-order valence-corrected chi connectivity index (χ0v) is 10.9. The number of likely N-dealkylation sites (tertiary alicyclic amines) is 1. The van der Waals surface area contributed by atoms with Gasteiger partial charge in [0.05, 0.1) is 6.10 Å². The molecular weight excluding hydrogens is 224 g/mol. The van der Waals surface area contributed by atoms with Gasteiger partial charge in [0.1, 0.15) is 0 Å². The van der Waals surface area contributed by atoms with Gasteiger partial charge in [0, 0.05) is 32.1 Å². The van der Waals surface area contributed by atoms with Crippen LogP contribution in [0.4, 0.5) is 0 Å². The predicted octanol–water partition coefficient (Wildman–Crippen LogP) is 2.47. The molecule has 0 bridgehead atoms. The molecular formula is C15H22N2O. The van der Waals surface area contributed by atoms with Crippen molar-refractivity contribution in [1.82, 2.24) is 9.88 Å². The van der Waals surface area contributed by atoms with Crippen LogP contribution in [0.15, 0.2) is 24.5 Å².